The number of carbonyl (C=O) groups is 3. The minimum atomic E-state index is -1.37. The number of allylic oxidation sites excluding steroid dienone is 1. The number of nitrogens with zero attached hydrogens (tertiary/aromatic N) is 4. The van der Waals surface area contributed by atoms with E-state index in [1.807, 2.05) is 177 Å². The van der Waals surface area contributed by atoms with Crippen LogP contribution < -0.4 is 15.4 Å². The number of thiazole rings is 2. The lowest BCUT2D eigenvalue weighted by atomic mass is 9.77. The largest absolute Gasteiger partial charge is 0.497 e. The normalized spacial score (nSPS) is 15.5. The summed E-state index contributed by atoms with van der Waals surface area (Å²) in [6.45, 7) is 1.87. The van der Waals surface area contributed by atoms with Crippen LogP contribution >= 0.6 is 34.4 Å². The van der Waals surface area contributed by atoms with Gasteiger partial charge in [0.15, 0.2) is 10.8 Å². The molecule has 2 atom stereocenters. The fourth-order valence-corrected chi connectivity index (χ4v) is 12.7. The number of β-lactam (4-membered cyclic amide) rings is 1. The number of carbonyl (C=O) groups excluding carboxylic acids is 3. The number of fused-ring (bicyclic) bond motifs is 1. The maximum Gasteiger partial charge on any atom is 0.355 e. The number of anilines is 1. The van der Waals surface area contributed by atoms with Crippen LogP contribution in [0, 0.1) is 6.92 Å². The Kier molecular flexibility index (Phi) is 15.4. The zero-order valence-corrected chi connectivity index (χ0v) is 45.4. The smallest absolute Gasteiger partial charge is 0.355 e. The maximum atomic E-state index is 15.4. The molecular formula is C64H52N6O6S3. The molecular weight excluding hydrogens is 1040 g/mol. The first-order valence-corrected chi connectivity index (χ1v) is 28.3. The number of esters is 1. The molecule has 2 aliphatic rings. The molecule has 2 aliphatic heterocycles. The van der Waals surface area contributed by atoms with E-state index >= 15 is 4.79 Å². The molecule has 12 nitrogen and oxygen atoms in total. The molecule has 79 heavy (non-hydrogen) atoms. The van der Waals surface area contributed by atoms with Gasteiger partial charge in [0, 0.05) is 32.7 Å². The van der Waals surface area contributed by atoms with E-state index < -0.39 is 40.3 Å². The van der Waals surface area contributed by atoms with Crippen molar-refractivity contribution in [1.29, 1.82) is 0 Å². The minimum Gasteiger partial charge on any atom is -0.497 e. The van der Waals surface area contributed by atoms with E-state index in [1.54, 1.807) is 30.1 Å². The summed E-state index contributed by atoms with van der Waals surface area (Å²) in [5.41, 5.74) is 6.93. The molecule has 1 fully saturated rings. The third-order valence-corrected chi connectivity index (χ3v) is 16.9. The Balaban J connectivity index is 0.982. The average molecular weight is 1100 g/mol. The number of benzene rings is 7. The monoisotopic (exact) mass is 1100 g/mol. The summed E-state index contributed by atoms with van der Waals surface area (Å²) in [5, 5.41) is 13.3. The van der Waals surface area contributed by atoms with Crippen molar-refractivity contribution in [2.24, 2.45) is 5.16 Å². The number of nitrogens with one attached hydrogen (secondary N) is 2. The van der Waals surface area contributed by atoms with Gasteiger partial charge >= 0.3 is 5.97 Å². The first kappa shape index (κ1) is 52.2. The Morgan fingerprint density at radius 3 is 1.71 bits per heavy atom. The number of hydrogen-bond donors (Lipinski definition) is 2. The van der Waals surface area contributed by atoms with Gasteiger partial charge < -0.3 is 24.9 Å². The minimum absolute atomic E-state index is 0.0405. The molecule has 0 spiro atoms. The van der Waals surface area contributed by atoms with E-state index in [-0.39, 0.29) is 23.7 Å². The van der Waals surface area contributed by atoms with Crippen LogP contribution in [0.1, 0.15) is 55.2 Å². The molecule has 4 heterocycles. The van der Waals surface area contributed by atoms with Crippen molar-refractivity contribution in [1.82, 2.24) is 20.2 Å². The van der Waals surface area contributed by atoms with Crippen molar-refractivity contribution in [3.63, 3.8) is 0 Å². The molecule has 2 N–H and O–H groups in total. The van der Waals surface area contributed by atoms with Crippen molar-refractivity contribution < 1.29 is 28.7 Å². The van der Waals surface area contributed by atoms with Crippen molar-refractivity contribution in [2.45, 2.75) is 36.1 Å². The Morgan fingerprint density at radius 2 is 1.22 bits per heavy atom. The summed E-state index contributed by atoms with van der Waals surface area (Å²) in [6, 6.07) is 65.8. The van der Waals surface area contributed by atoms with Gasteiger partial charge in [-0.25, -0.2) is 14.8 Å². The van der Waals surface area contributed by atoms with Gasteiger partial charge in [-0.2, -0.15) is 0 Å². The summed E-state index contributed by atoms with van der Waals surface area (Å²) < 4.78 is 11.2. The van der Waals surface area contributed by atoms with E-state index in [0.29, 0.717) is 22.2 Å². The molecule has 15 heteroatoms. The fraction of sp³-hybridized carbons (Fsp3) is 0.125. The lowest BCUT2D eigenvalue weighted by Crippen LogP contribution is -2.71. The van der Waals surface area contributed by atoms with Gasteiger partial charge in [0.25, 0.3) is 11.8 Å². The molecule has 0 bridgehead atoms. The third-order valence-electron chi connectivity index (χ3n) is 13.9. The van der Waals surface area contributed by atoms with Crippen molar-refractivity contribution in [2.75, 3.05) is 18.2 Å². The van der Waals surface area contributed by atoms with E-state index in [1.165, 1.54) is 39.3 Å². The zero-order valence-electron chi connectivity index (χ0n) is 43.0. The predicted octanol–water partition coefficient (Wildman–Crippen LogP) is 12.1. The third kappa shape index (κ3) is 10.5. The van der Waals surface area contributed by atoms with Crippen LogP contribution in [0.25, 0.3) is 6.08 Å². The number of amides is 2. The molecule has 2 amide bonds. The van der Waals surface area contributed by atoms with Crippen LogP contribution in [0.3, 0.4) is 0 Å². The number of methoxy groups -OCH3 is 1. The molecule has 392 valence electrons. The Hall–Kier alpha value is -8.89. The highest BCUT2D eigenvalue weighted by Crippen LogP contribution is 2.44. The summed E-state index contributed by atoms with van der Waals surface area (Å²) in [4.78, 5) is 63.3. The quantitative estimate of drug-likeness (QED) is 0.0264. The van der Waals surface area contributed by atoms with Crippen molar-refractivity contribution in [3.8, 4) is 5.75 Å². The topological polar surface area (TPSA) is 144 Å². The van der Waals surface area contributed by atoms with Crippen LogP contribution in [0.15, 0.2) is 240 Å². The number of aromatic nitrogens is 2. The van der Waals surface area contributed by atoms with Gasteiger partial charge in [-0.05, 0) is 53.0 Å². The number of ether oxygens (including phenoxy) is 2. The summed E-state index contributed by atoms with van der Waals surface area (Å²) in [6.07, 6.45) is 3.73. The van der Waals surface area contributed by atoms with E-state index in [2.05, 4.69) is 52.0 Å². The summed E-state index contributed by atoms with van der Waals surface area (Å²) in [7, 11) is 1.58. The van der Waals surface area contributed by atoms with Gasteiger partial charge in [0.1, 0.15) is 40.7 Å². The second-order valence-corrected chi connectivity index (χ2v) is 21.5. The van der Waals surface area contributed by atoms with Gasteiger partial charge in [0.05, 0.1) is 18.3 Å². The van der Waals surface area contributed by atoms with Crippen LogP contribution in [0.5, 0.6) is 5.75 Å². The number of aryl methyl sites for hydroxylation is 1. The van der Waals surface area contributed by atoms with E-state index in [0.717, 1.165) is 49.5 Å². The summed E-state index contributed by atoms with van der Waals surface area (Å²) in [5.74, 6) is -0.866. The lowest BCUT2D eigenvalue weighted by molar-refractivity contribution is -0.153. The van der Waals surface area contributed by atoms with Gasteiger partial charge in [-0.15, -0.1) is 34.4 Å². The van der Waals surface area contributed by atoms with Crippen LogP contribution in [-0.4, -0.2) is 62.6 Å². The molecule has 9 aromatic rings. The molecule has 0 saturated carbocycles. The van der Waals surface area contributed by atoms with Gasteiger partial charge in [-0.3, -0.25) is 14.5 Å². The molecule has 1 unspecified atom stereocenters. The highest BCUT2D eigenvalue weighted by Gasteiger charge is 2.55. The number of oxime groups is 1. The molecule has 11 rings (SSSR count). The van der Waals surface area contributed by atoms with Crippen LogP contribution in [0.2, 0.25) is 0 Å². The number of thioether (sulfide) groups is 1. The predicted molar refractivity (Wildman–Crippen MR) is 312 cm³/mol. The molecule has 1 saturated heterocycles. The SMILES string of the molecule is COc1ccc(COC(=O)C2=C(C=Cc3scnc3C)CS[C@H]3C(NC(=O)C(=NOC(c4ccccc4)(c4ccccc4)c4ccccc4)c4csc(NC(c5ccccc5)(c5ccccc5)c5ccccc5)n4)C(=O)N23)cc1. The van der Waals surface area contributed by atoms with Gasteiger partial charge in [-0.1, -0.05) is 205 Å². The molecule has 2 aromatic heterocycles. The van der Waals surface area contributed by atoms with Crippen LogP contribution in [0.4, 0.5) is 5.13 Å². The first-order valence-electron chi connectivity index (χ1n) is 25.5. The second kappa shape index (κ2) is 23.4. The highest BCUT2D eigenvalue weighted by atomic mass is 32.2. The second-order valence-electron chi connectivity index (χ2n) is 18.6. The summed E-state index contributed by atoms with van der Waals surface area (Å²) >= 11 is 4.21. The number of hydrogen-bond acceptors (Lipinski definition) is 13. The highest BCUT2D eigenvalue weighted by molar-refractivity contribution is 8.00. The Morgan fingerprint density at radius 1 is 0.696 bits per heavy atom. The lowest BCUT2D eigenvalue weighted by Gasteiger charge is -2.49. The molecule has 0 radical (unpaired) electrons. The average Bonchev–Trinajstić information content (AvgIpc) is 4.30. The van der Waals surface area contributed by atoms with E-state index in [4.69, 9.17) is 24.5 Å². The van der Waals surface area contributed by atoms with Crippen LogP contribution in [-0.2, 0) is 41.7 Å². The Bertz CT molecular complexity index is 3480. The van der Waals surface area contributed by atoms with Gasteiger partial charge in [0.2, 0.25) is 5.60 Å². The fourth-order valence-electron chi connectivity index (χ4n) is 9.93. The number of rotatable bonds is 19. The van der Waals surface area contributed by atoms with Crippen molar-refractivity contribution in [3.05, 3.63) is 290 Å². The zero-order chi connectivity index (χ0) is 54.2. The standard InChI is InChI=1S/C64H52N6O6S3/c1-43-54(79-42-65-43)38-35-45-40-77-60-56(59(72)70(60)57(45)61(73)75-39-44-33-36-52(74-2)37-34-44)67-58(71)55(69-76-64(49-27-15-6-16-28-49,50-29-17-7-18-30-50)51-31-19-8-20-32-51)53-41-78-62(66-53)68-63(46-21-9-3-10-22-46,47-23-11-4-12-24-47)48-25-13-5-14-26-48/h3-38,41-42,56,60H,39-40H2,1-2H3,(H,66,68)(H,67,71)/t56?,60-/m0/s1. The Labute approximate surface area is 470 Å². The molecule has 7 aromatic carbocycles. The van der Waals surface area contributed by atoms with Crippen molar-refractivity contribution >= 4 is 69.1 Å². The molecule has 0 aliphatic carbocycles. The maximum absolute atomic E-state index is 15.4. The first-order chi connectivity index (χ1) is 38.8. The van der Waals surface area contributed by atoms with E-state index in [9.17, 15) is 9.59 Å².